The highest BCUT2D eigenvalue weighted by Crippen LogP contribution is 2.31. The van der Waals surface area contributed by atoms with Crippen LogP contribution in [0.4, 0.5) is 5.69 Å². The van der Waals surface area contributed by atoms with Gasteiger partial charge in [0.15, 0.2) is 0 Å². The molecule has 2 heterocycles. The van der Waals surface area contributed by atoms with Gasteiger partial charge in [0.25, 0.3) is 0 Å². The van der Waals surface area contributed by atoms with E-state index >= 15 is 0 Å². The molecule has 0 aliphatic carbocycles. The summed E-state index contributed by atoms with van der Waals surface area (Å²) in [7, 11) is 0. The second-order valence-electron chi connectivity index (χ2n) is 6.43. The minimum absolute atomic E-state index is 0.195. The highest BCUT2D eigenvalue weighted by atomic mass is 16.1. The number of nitriles is 1. The molecule has 124 valence electrons. The summed E-state index contributed by atoms with van der Waals surface area (Å²) in [6.07, 6.45) is 2.72. The Balaban J connectivity index is 1.92. The van der Waals surface area contributed by atoms with Crippen LogP contribution in [0.5, 0.6) is 0 Å². The molecule has 3 rings (SSSR count). The number of piperidine rings is 1. The van der Waals surface area contributed by atoms with E-state index in [1.807, 2.05) is 24.3 Å². The average molecular weight is 323 g/mol. The maximum Gasteiger partial charge on any atom is 0.231 e. The van der Waals surface area contributed by atoms with E-state index in [-0.39, 0.29) is 18.5 Å². The zero-order valence-corrected chi connectivity index (χ0v) is 13.7. The van der Waals surface area contributed by atoms with Crippen molar-refractivity contribution in [3.05, 3.63) is 36.0 Å². The van der Waals surface area contributed by atoms with Gasteiger partial charge in [0.05, 0.1) is 17.6 Å². The maximum atomic E-state index is 11.0. The van der Waals surface area contributed by atoms with Gasteiger partial charge in [-0.2, -0.15) is 5.26 Å². The number of hydrogen-bond acceptors (Lipinski definition) is 5. The Kier molecular flexibility index (Phi) is 4.63. The molecular formula is C18H21N5O. The zero-order chi connectivity index (χ0) is 17.1. The van der Waals surface area contributed by atoms with Gasteiger partial charge < -0.3 is 16.0 Å². The topological polar surface area (TPSA) is 95.0 Å². The Labute approximate surface area is 141 Å². The van der Waals surface area contributed by atoms with Gasteiger partial charge in [0.2, 0.25) is 5.91 Å². The number of hydrogen-bond donors (Lipinski definition) is 2. The standard InChI is InChI=1S/C18H21N5O/c1-12-7-14(22-9-17(20)24)11-23(10-12)16-5-4-13(8-19)18-15(16)3-2-6-21-18/h2-6,12,14,22H,7,9-11H2,1H3,(H2,20,24)/t12-,14+/m0/s1. The normalized spacial score (nSPS) is 20.8. The summed E-state index contributed by atoms with van der Waals surface area (Å²) in [6.45, 7) is 4.13. The molecular weight excluding hydrogens is 302 g/mol. The van der Waals surface area contributed by atoms with Crippen LogP contribution in [0.1, 0.15) is 18.9 Å². The van der Waals surface area contributed by atoms with Crippen molar-refractivity contribution in [3.63, 3.8) is 0 Å². The van der Waals surface area contributed by atoms with Crippen molar-refractivity contribution in [2.24, 2.45) is 11.7 Å². The molecule has 1 amide bonds. The molecule has 2 atom stereocenters. The number of benzene rings is 1. The van der Waals surface area contributed by atoms with Crippen molar-refractivity contribution in [1.29, 1.82) is 5.26 Å². The van der Waals surface area contributed by atoms with Gasteiger partial charge in [-0.3, -0.25) is 9.78 Å². The summed E-state index contributed by atoms with van der Waals surface area (Å²) in [5.41, 5.74) is 7.64. The number of fused-ring (bicyclic) bond motifs is 1. The van der Waals surface area contributed by atoms with Gasteiger partial charge >= 0.3 is 0 Å². The second kappa shape index (κ2) is 6.85. The molecule has 1 aromatic heterocycles. The summed E-state index contributed by atoms with van der Waals surface area (Å²) in [4.78, 5) is 17.7. The molecule has 1 saturated heterocycles. The molecule has 0 spiro atoms. The van der Waals surface area contributed by atoms with Crippen LogP contribution in [0.15, 0.2) is 30.5 Å². The van der Waals surface area contributed by atoms with Crippen LogP contribution in [0, 0.1) is 17.2 Å². The van der Waals surface area contributed by atoms with Crippen LogP contribution in [0.25, 0.3) is 10.9 Å². The van der Waals surface area contributed by atoms with E-state index < -0.39 is 0 Å². The molecule has 1 aliphatic rings. The van der Waals surface area contributed by atoms with Crippen LogP contribution in [-0.4, -0.2) is 36.6 Å². The fourth-order valence-electron chi connectivity index (χ4n) is 3.46. The number of carbonyl (C=O) groups is 1. The lowest BCUT2D eigenvalue weighted by Crippen LogP contribution is -2.50. The molecule has 1 aliphatic heterocycles. The predicted octanol–water partition coefficient (Wildman–Crippen LogP) is 1.40. The first-order valence-corrected chi connectivity index (χ1v) is 8.13. The number of primary amides is 1. The number of nitrogens with one attached hydrogen (secondary N) is 1. The van der Waals surface area contributed by atoms with Crippen LogP contribution in [-0.2, 0) is 4.79 Å². The lowest BCUT2D eigenvalue weighted by Gasteiger charge is -2.38. The maximum absolute atomic E-state index is 11.0. The van der Waals surface area contributed by atoms with Crippen molar-refractivity contribution < 1.29 is 4.79 Å². The molecule has 6 nitrogen and oxygen atoms in total. The van der Waals surface area contributed by atoms with Gasteiger partial charge in [0, 0.05) is 36.4 Å². The summed E-state index contributed by atoms with van der Waals surface area (Å²) < 4.78 is 0. The molecule has 0 bridgehead atoms. The molecule has 1 aromatic carbocycles. The average Bonchev–Trinajstić information content (AvgIpc) is 2.58. The van der Waals surface area contributed by atoms with E-state index in [1.165, 1.54) is 0 Å². The molecule has 0 radical (unpaired) electrons. The Bertz CT molecular complexity index is 798. The number of nitrogens with zero attached hydrogens (tertiary/aromatic N) is 3. The molecule has 0 saturated carbocycles. The highest BCUT2D eigenvalue weighted by Gasteiger charge is 2.26. The van der Waals surface area contributed by atoms with E-state index in [9.17, 15) is 10.1 Å². The SMILES string of the molecule is C[C@H]1C[C@@H](NCC(N)=O)CN(c2ccc(C#N)c3ncccc23)C1. The van der Waals surface area contributed by atoms with Gasteiger partial charge in [-0.1, -0.05) is 6.92 Å². The lowest BCUT2D eigenvalue weighted by molar-refractivity contribution is -0.117. The third-order valence-electron chi connectivity index (χ3n) is 4.43. The number of anilines is 1. The van der Waals surface area contributed by atoms with Crippen LogP contribution in [0.2, 0.25) is 0 Å². The first-order chi connectivity index (χ1) is 11.6. The van der Waals surface area contributed by atoms with Crippen LogP contribution >= 0.6 is 0 Å². The summed E-state index contributed by atoms with van der Waals surface area (Å²) in [5.74, 6) is 0.152. The quantitative estimate of drug-likeness (QED) is 0.887. The second-order valence-corrected chi connectivity index (χ2v) is 6.43. The predicted molar refractivity (Wildman–Crippen MR) is 93.4 cm³/mol. The molecule has 6 heteroatoms. The minimum Gasteiger partial charge on any atom is -0.369 e. The molecule has 1 fully saturated rings. The zero-order valence-electron chi connectivity index (χ0n) is 13.7. The summed E-state index contributed by atoms with van der Waals surface area (Å²) in [6, 6.07) is 10.1. The number of aromatic nitrogens is 1. The lowest BCUT2D eigenvalue weighted by atomic mass is 9.94. The van der Waals surface area contributed by atoms with E-state index in [2.05, 4.69) is 28.2 Å². The first-order valence-electron chi connectivity index (χ1n) is 8.13. The Morgan fingerprint density at radius 1 is 1.46 bits per heavy atom. The van der Waals surface area contributed by atoms with E-state index in [1.54, 1.807) is 6.20 Å². The van der Waals surface area contributed by atoms with E-state index in [0.717, 1.165) is 36.1 Å². The first kappa shape index (κ1) is 16.2. The van der Waals surface area contributed by atoms with Gasteiger partial charge in [-0.25, -0.2) is 0 Å². The summed E-state index contributed by atoms with van der Waals surface area (Å²) >= 11 is 0. The fraction of sp³-hybridized carbons (Fsp3) is 0.389. The summed E-state index contributed by atoms with van der Waals surface area (Å²) in [5, 5.41) is 13.5. The number of carbonyl (C=O) groups excluding carboxylic acids is 1. The van der Waals surface area contributed by atoms with Gasteiger partial charge in [-0.05, 0) is 36.6 Å². The third kappa shape index (κ3) is 3.31. The number of pyridine rings is 1. The number of amides is 1. The molecule has 24 heavy (non-hydrogen) atoms. The minimum atomic E-state index is -0.340. The largest absolute Gasteiger partial charge is 0.369 e. The Morgan fingerprint density at radius 3 is 3.04 bits per heavy atom. The van der Waals surface area contributed by atoms with Crippen molar-refractivity contribution in [1.82, 2.24) is 10.3 Å². The molecule has 0 unspecified atom stereocenters. The third-order valence-corrected chi connectivity index (χ3v) is 4.43. The van der Waals surface area contributed by atoms with Crippen molar-refractivity contribution in [3.8, 4) is 6.07 Å². The van der Waals surface area contributed by atoms with Crippen molar-refractivity contribution >= 4 is 22.5 Å². The fourth-order valence-corrected chi connectivity index (χ4v) is 3.46. The van der Waals surface area contributed by atoms with Crippen molar-refractivity contribution in [2.75, 3.05) is 24.5 Å². The highest BCUT2D eigenvalue weighted by molar-refractivity contribution is 5.95. The number of rotatable bonds is 4. The van der Waals surface area contributed by atoms with E-state index in [4.69, 9.17) is 5.73 Å². The Hall–Kier alpha value is -2.65. The monoisotopic (exact) mass is 323 g/mol. The van der Waals surface area contributed by atoms with Gasteiger partial charge in [-0.15, -0.1) is 0 Å². The van der Waals surface area contributed by atoms with E-state index in [0.29, 0.717) is 11.5 Å². The number of nitrogens with two attached hydrogens (primary N) is 1. The molecule has 3 N–H and O–H groups in total. The van der Waals surface area contributed by atoms with Crippen molar-refractivity contribution in [2.45, 2.75) is 19.4 Å². The molecule has 2 aromatic rings. The van der Waals surface area contributed by atoms with Crippen LogP contribution < -0.4 is 16.0 Å². The van der Waals surface area contributed by atoms with Gasteiger partial charge in [0.1, 0.15) is 6.07 Å². The Morgan fingerprint density at radius 2 is 2.29 bits per heavy atom. The van der Waals surface area contributed by atoms with Crippen LogP contribution in [0.3, 0.4) is 0 Å². The smallest absolute Gasteiger partial charge is 0.231 e.